The number of carbonyl (C=O) groups excluding carboxylic acids is 1. The van der Waals surface area contributed by atoms with Gasteiger partial charge in [0.15, 0.2) is 0 Å². The lowest BCUT2D eigenvalue weighted by Crippen LogP contribution is -2.45. The number of likely N-dealkylation sites (N-methyl/N-ethyl adjacent to an activating group) is 1. The number of nitrogens with zero attached hydrogens (tertiary/aromatic N) is 5. The molecule has 1 aromatic carbocycles. The molecule has 7 heteroatoms. The second-order valence-electron chi connectivity index (χ2n) is 6.46. The van der Waals surface area contributed by atoms with Crippen molar-refractivity contribution in [1.82, 2.24) is 14.9 Å². The first-order valence-electron chi connectivity index (χ1n) is 8.37. The highest BCUT2D eigenvalue weighted by Gasteiger charge is 2.17. The smallest absolute Gasteiger partial charge is 0.258 e. The number of amides is 1. The van der Waals surface area contributed by atoms with Crippen molar-refractivity contribution >= 4 is 23.2 Å². The molecule has 0 atom stereocenters. The minimum Gasteiger partial charge on any atom is -0.378 e. The van der Waals surface area contributed by atoms with Gasteiger partial charge in [-0.2, -0.15) is 0 Å². The van der Waals surface area contributed by atoms with Crippen LogP contribution in [0.4, 0.5) is 17.3 Å². The first-order chi connectivity index (χ1) is 12.0. The van der Waals surface area contributed by atoms with Crippen LogP contribution in [-0.2, 0) is 0 Å². The van der Waals surface area contributed by atoms with Crippen LogP contribution in [0.1, 0.15) is 10.4 Å². The average molecular weight is 340 g/mol. The zero-order chi connectivity index (χ0) is 17.8. The molecule has 0 saturated carbocycles. The molecule has 0 aliphatic carbocycles. The number of rotatable bonds is 4. The summed E-state index contributed by atoms with van der Waals surface area (Å²) in [6.07, 6.45) is 3.17. The third kappa shape index (κ3) is 4.24. The van der Waals surface area contributed by atoms with E-state index in [1.165, 1.54) is 0 Å². The summed E-state index contributed by atoms with van der Waals surface area (Å²) in [5, 5.41) is 2.87. The van der Waals surface area contributed by atoms with Crippen molar-refractivity contribution < 1.29 is 4.79 Å². The van der Waals surface area contributed by atoms with Crippen molar-refractivity contribution in [2.75, 3.05) is 62.4 Å². The molecule has 0 spiro atoms. The van der Waals surface area contributed by atoms with Crippen molar-refractivity contribution in [3.8, 4) is 0 Å². The van der Waals surface area contributed by atoms with E-state index in [0.717, 1.165) is 37.6 Å². The van der Waals surface area contributed by atoms with Crippen LogP contribution in [0.15, 0.2) is 36.7 Å². The summed E-state index contributed by atoms with van der Waals surface area (Å²) in [6.45, 7) is 3.80. The largest absolute Gasteiger partial charge is 0.378 e. The van der Waals surface area contributed by atoms with Crippen molar-refractivity contribution in [3.63, 3.8) is 0 Å². The highest BCUT2D eigenvalue weighted by atomic mass is 16.1. The Morgan fingerprint density at radius 2 is 1.64 bits per heavy atom. The minimum atomic E-state index is -0.206. The van der Waals surface area contributed by atoms with Gasteiger partial charge in [-0.1, -0.05) is 0 Å². The first kappa shape index (κ1) is 17.2. The Hall–Kier alpha value is -2.67. The number of benzene rings is 1. The number of aromatic nitrogens is 2. The van der Waals surface area contributed by atoms with E-state index in [0.29, 0.717) is 11.5 Å². The molecule has 1 saturated heterocycles. The molecular formula is C18H24N6O. The standard InChI is InChI=1S/C18H24N6O/c1-22(2)16-6-4-15(5-7-16)21-17(25)14-12-19-18(20-13-14)24-10-8-23(3)9-11-24/h4-7,12-13H,8-11H2,1-3H3,(H,21,25). The zero-order valence-corrected chi connectivity index (χ0v) is 14.9. The lowest BCUT2D eigenvalue weighted by Gasteiger charge is -2.32. The fourth-order valence-electron chi connectivity index (χ4n) is 2.65. The minimum absolute atomic E-state index is 0.206. The van der Waals surface area contributed by atoms with Gasteiger partial charge in [0.2, 0.25) is 5.95 Å². The van der Waals surface area contributed by atoms with Gasteiger partial charge in [-0.05, 0) is 31.3 Å². The van der Waals surface area contributed by atoms with Crippen molar-refractivity contribution in [3.05, 3.63) is 42.2 Å². The first-order valence-corrected chi connectivity index (χ1v) is 8.37. The van der Waals surface area contributed by atoms with E-state index in [2.05, 4.69) is 32.1 Å². The molecule has 1 amide bonds. The Kier molecular flexibility index (Phi) is 5.14. The fraction of sp³-hybridized carbons (Fsp3) is 0.389. The van der Waals surface area contributed by atoms with E-state index in [1.54, 1.807) is 12.4 Å². The van der Waals surface area contributed by atoms with Crippen LogP contribution in [0.25, 0.3) is 0 Å². The molecule has 1 aromatic heterocycles. The van der Waals surface area contributed by atoms with Gasteiger partial charge in [-0.25, -0.2) is 9.97 Å². The SMILES string of the molecule is CN1CCN(c2ncc(C(=O)Nc3ccc(N(C)C)cc3)cn2)CC1. The second-order valence-corrected chi connectivity index (χ2v) is 6.46. The monoisotopic (exact) mass is 340 g/mol. The predicted octanol–water partition coefficient (Wildman–Crippen LogP) is 1.55. The molecule has 2 heterocycles. The van der Waals surface area contributed by atoms with E-state index in [9.17, 15) is 4.79 Å². The highest BCUT2D eigenvalue weighted by molar-refractivity contribution is 6.03. The van der Waals surface area contributed by atoms with Gasteiger partial charge in [0, 0.05) is 64.0 Å². The quantitative estimate of drug-likeness (QED) is 0.911. The Morgan fingerprint density at radius 1 is 1.04 bits per heavy atom. The van der Waals surface area contributed by atoms with Crippen LogP contribution in [0, 0.1) is 0 Å². The molecule has 2 aromatic rings. The molecule has 3 rings (SSSR count). The third-order valence-electron chi connectivity index (χ3n) is 4.33. The van der Waals surface area contributed by atoms with Gasteiger partial charge < -0.3 is 20.0 Å². The van der Waals surface area contributed by atoms with E-state index < -0.39 is 0 Å². The molecule has 7 nitrogen and oxygen atoms in total. The summed E-state index contributed by atoms with van der Waals surface area (Å²) in [4.78, 5) is 27.5. The highest BCUT2D eigenvalue weighted by Crippen LogP contribution is 2.17. The third-order valence-corrected chi connectivity index (χ3v) is 4.33. The molecule has 0 unspecified atom stereocenters. The van der Waals surface area contributed by atoms with E-state index in [-0.39, 0.29) is 5.91 Å². The molecule has 25 heavy (non-hydrogen) atoms. The van der Waals surface area contributed by atoms with E-state index >= 15 is 0 Å². The van der Waals surface area contributed by atoms with E-state index in [4.69, 9.17) is 0 Å². The molecule has 1 aliphatic heterocycles. The predicted molar refractivity (Wildman–Crippen MR) is 100 cm³/mol. The maximum absolute atomic E-state index is 12.3. The number of anilines is 3. The van der Waals surface area contributed by atoms with Crippen LogP contribution in [0.2, 0.25) is 0 Å². The Labute approximate surface area is 148 Å². The van der Waals surface area contributed by atoms with Crippen molar-refractivity contribution in [2.45, 2.75) is 0 Å². The van der Waals surface area contributed by atoms with Gasteiger partial charge in [0.25, 0.3) is 5.91 Å². The fourth-order valence-corrected chi connectivity index (χ4v) is 2.65. The summed E-state index contributed by atoms with van der Waals surface area (Å²) in [5.41, 5.74) is 2.28. The van der Waals surface area contributed by atoms with Crippen molar-refractivity contribution in [1.29, 1.82) is 0 Å². The lowest BCUT2D eigenvalue weighted by molar-refractivity contribution is 0.102. The van der Waals surface area contributed by atoms with Gasteiger partial charge in [0.05, 0.1) is 5.56 Å². The Bertz CT molecular complexity index is 705. The number of piperazine rings is 1. The maximum atomic E-state index is 12.3. The molecule has 1 N–H and O–H groups in total. The summed E-state index contributed by atoms with van der Waals surface area (Å²) >= 11 is 0. The molecule has 132 valence electrons. The second kappa shape index (κ2) is 7.48. The number of carbonyl (C=O) groups is 1. The van der Waals surface area contributed by atoms with Crippen LogP contribution in [-0.4, -0.2) is 68.1 Å². The number of nitrogens with one attached hydrogen (secondary N) is 1. The Morgan fingerprint density at radius 3 is 2.20 bits per heavy atom. The summed E-state index contributed by atoms with van der Waals surface area (Å²) in [7, 11) is 6.07. The summed E-state index contributed by atoms with van der Waals surface area (Å²) in [6, 6.07) is 7.69. The van der Waals surface area contributed by atoms with Crippen LogP contribution >= 0.6 is 0 Å². The molecule has 1 aliphatic rings. The van der Waals surface area contributed by atoms with Crippen LogP contribution < -0.4 is 15.1 Å². The Balaban J connectivity index is 1.62. The number of hydrogen-bond acceptors (Lipinski definition) is 6. The van der Waals surface area contributed by atoms with Gasteiger partial charge in [0.1, 0.15) is 0 Å². The van der Waals surface area contributed by atoms with Gasteiger partial charge in [-0.15, -0.1) is 0 Å². The summed E-state index contributed by atoms with van der Waals surface area (Å²) in [5.74, 6) is 0.475. The molecule has 1 fully saturated rings. The molecular weight excluding hydrogens is 316 g/mol. The lowest BCUT2D eigenvalue weighted by atomic mass is 10.2. The van der Waals surface area contributed by atoms with Crippen molar-refractivity contribution in [2.24, 2.45) is 0 Å². The van der Waals surface area contributed by atoms with Crippen LogP contribution in [0.3, 0.4) is 0 Å². The molecule has 0 radical (unpaired) electrons. The topological polar surface area (TPSA) is 64.6 Å². The maximum Gasteiger partial charge on any atom is 0.258 e. The number of hydrogen-bond donors (Lipinski definition) is 1. The summed E-state index contributed by atoms with van der Waals surface area (Å²) < 4.78 is 0. The van der Waals surface area contributed by atoms with Gasteiger partial charge in [-0.3, -0.25) is 4.79 Å². The van der Waals surface area contributed by atoms with Gasteiger partial charge >= 0.3 is 0 Å². The van der Waals surface area contributed by atoms with E-state index in [1.807, 2.05) is 43.3 Å². The van der Waals surface area contributed by atoms with Crippen LogP contribution in [0.5, 0.6) is 0 Å². The molecule has 0 bridgehead atoms. The normalized spacial score (nSPS) is 15.1. The zero-order valence-electron chi connectivity index (χ0n) is 14.9. The average Bonchev–Trinajstić information content (AvgIpc) is 2.63.